The number of methoxy groups -OCH3 is 1. The van der Waals surface area contributed by atoms with E-state index >= 15 is 0 Å². The minimum Gasteiger partial charge on any atom is -0.481 e. The van der Waals surface area contributed by atoms with Crippen molar-refractivity contribution in [2.75, 3.05) is 20.2 Å². The highest BCUT2D eigenvalue weighted by atomic mass is 16.5. The normalized spacial score (nSPS) is 11.6. The van der Waals surface area contributed by atoms with Gasteiger partial charge in [-0.15, -0.1) is 0 Å². The van der Waals surface area contributed by atoms with Crippen molar-refractivity contribution in [1.29, 1.82) is 0 Å². The molecule has 1 rings (SSSR count). The summed E-state index contributed by atoms with van der Waals surface area (Å²) < 4.78 is 5.02. The van der Waals surface area contributed by atoms with Crippen molar-refractivity contribution in [3.05, 3.63) is 29.5 Å². The minimum atomic E-state index is 0.655. The Morgan fingerprint density at radius 1 is 1.44 bits per heavy atom. The van der Waals surface area contributed by atoms with Gasteiger partial charge in [0.15, 0.2) is 0 Å². The molecule has 1 aromatic heterocycles. The van der Waals surface area contributed by atoms with E-state index in [1.54, 1.807) is 7.11 Å². The van der Waals surface area contributed by atoms with Crippen LogP contribution >= 0.6 is 0 Å². The van der Waals surface area contributed by atoms with Crippen molar-refractivity contribution in [3.8, 4) is 5.88 Å². The van der Waals surface area contributed by atoms with E-state index in [9.17, 15) is 0 Å². The molecule has 1 aromatic rings. The lowest BCUT2D eigenvalue weighted by atomic mass is 10.1. The fourth-order valence-corrected chi connectivity index (χ4v) is 1.40. The van der Waals surface area contributed by atoms with Crippen LogP contribution in [0.3, 0.4) is 0 Å². The highest BCUT2D eigenvalue weighted by Crippen LogP contribution is 2.11. The first-order valence-corrected chi connectivity index (χ1v) is 5.70. The fraction of sp³-hybridized carbons (Fsp3) is 0.462. The van der Waals surface area contributed by atoms with E-state index in [-0.39, 0.29) is 0 Å². The molecule has 0 aliphatic heterocycles. The summed E-state index contributed by atoms with van der Waals surface area (Å²) in [6.07, 6.45) is 5.06. The standard InChI is InChI=1S/C13H20N2O/c1-4-11(9-14-5-2)8-12-6-7-13(16-3)15-10-12/h6-8,10,14H,4-5,9H2,1-3H3/b11-8+. The van der Waals surface area contributed by atoms with Gasteiger partial charge in [0.25, 0.3) is 0 Å². The van der Waals surface area contributed by atoms with Gasteiger partial charge in [-0.05, 0) is 24.6 Å². The van der Waals surface area contributed by atoms with Crippen LogP contribution < -0.4 is 10.1 Å². The third-order valence-electron chi connectivity index (χ3n) is 2.40. The van der Waals surface area contributed by atoms with E-state index in [0.29, 0.717) is 5.88 Å². The van der Waals surface area contributed by atoms with Crippen LogP contribution in [0.5, 0.6) is 5.88 Å². The smallest absolute Gasteiger partial charge is 0.212 e. The summed E-state index contributed by atoms with van der Waals surface area (Å²) in [7, 11) is 1.63. The van der Waals surface area contributed by atoms with Crippen LogP contribution in [0.15, 0.2) is 23.9 Å². The van der Waals surface area contributed by atoms with Gasteiger partial charge < -0.3 is 10.1 Å². The van der Waals surface area contributed by atoms with E-state index in [2.05, 4.69) is 30.2 Å². The van der Waals surface area contributed by atoms with Crippen molar-refractivity contribution >= 4 is 6.08 Å². The third-order valence-corrected chi connectivity index (χ3v) is 2.40. The van der Waals surface area contributed by atoms with Gasteiger partial charge in [0, 0.05) is 18.8 Å². The lowest BCUT2D eigenvalue weighted by Gasteiger charge is -2.05. The molecule has 0 atom stereocenters. The molecule has 3 heteroatoms. The number of pyridine rings is 1. The minimum absolute atomic E-state index is 0.655. The Kier molecular flexibility index (Phi) is 5.57. The van der Waals surface area contributed by atoms with Crippen molar-refractivity contribution in [1.82, 2.24) is 10.3 Å². The number of likely N-dealkylation sites (N-methyl/N-ethyl adjacent to an activating group) is 1. The average molecular weight is 220 g/mol. The SMILES string of the molecule is CCNC/C(=C/c1ccc(OC)nc1)CC. The Hall–Kier alpha value is -1.35. The van der Waals surface area contributed by atoms with Crippen LogP contribution in [-0.4, -0.2) is 25.2 Å². The molecule has 1 N–H and O–H groups in total. The molecule has 0 saturated heterocycles. The van der Waals surface area contributed by atoms with Crippen LogP contribution in [0.25, 0.3) is 6.08 Å². The van der Waals surface area contributed by atoms with E-state index in [1.807, 2.05) is 18.3 Å². The summed E-state index contributed by atoms with van der Waals surface area (Å²) >= 11 is 0. The average Bonchev–Trinajstić information content (AvgIpc) is 2.35. The van der Waals surface area contributed by atoms with Gasteiger partial charge in [-0.1, -0.05) is 25.5 Å². The first-order valence-electron chi connectivity index (χ1n) is 5.70. The van der Waals surface area contributed by atoms with Crippen molar-refractivity contribution in [2.45, 2.75) is 20.3 Å². The number of hydrogen-bond acceptors (Lipinski definition) is 3. The Morgan fingerprint density at radius 2 is 2.25 bits per heavy atom. The first kappa shape index (κ1) is 12.7. The summed E-state index contributed by atoms with van der Waals surface area (Å²) in [5.74, 6) is 0.655. The van der Waals surface area contributed by atoms with Gasteiger partial charge in [-0.2, -0.15) is 0 Å². The van der Waals surface area contributed by atoms with Crippen LogP contribution in [0.2, 0.25) is 0 Å². The van der Waals surface area contributed by atoms with Crippen molar-refractivity contribution in [2.24, 2.45) is 0 Å². The van der Waals surface area contributed by atoms with Gasteiger partial charge in [-0.3, -0.25) is 0 Å². The number of aromatic nitrogens is 1. The summed E-state index contributed by atoms with van der Waals surface area (Å²) in [5.41, 5.74) is 2.50. The summed E-state index contributed by atoms with van der Waals surface area (Å²) in [6.45, 7) is 6.22. The number of rotatable bonds is 6. The summed E-state index contributed by atoms with van der Waals surface area (Å²) in [6, 6.07) is 3.90. The molecule has 0 aliphatic carbocycles. The predicted octanol–water partition coefficient (Wildman–Crippen LogP) is 2.49. The largest absolute Gasteiger partial charge is 0.481 e. The van der Waals surface area contributed by atoms with Crippen LogP contribution in [0.4, 0.5) is 0 Å². The van der Waals surface area contributed by atoms with E-state index in [0.717, 1.165) is 25.1 Å². The molecule has 16 heavy (non-hydrogen) atoms. The number of hydrogen-bond donors (Lipinski definition) is 1. The topological polar surface area (TPSA) is 34.1 Å². The van der Waals surface area contributed by atoms with Crippen LogP contribution in [0, 0.1) is 0 Å². The molecule has 0 aliphatic rings. The molecule has 0 aromatic carbocycles. The number of ether oxygens (including phenoxy) is 1. The molecule has 88 valence electrons. The quantitative estimate of drug-likeness (QED) is 0.799. The Labute approximate surface area is 97.5 Å². The molecule has 1 heterocycles. The maximum Gasteiger partial charge on any atom is 0.212 e. The Bertz CT molecular complexity index is 330. The summed E-state index contributed by atoms with van der Waals surface area (Å²) in [4.78, 5) is 4.18. The zero-order valence-electron chi connectivity index (χ0n) is 10.3. The highest BCUT2D eigenvalue weighted by molar-refractivity contribution is 5.52. The third kappa shape index (κ3) is 4.03. The Morgan fingerprint density at radius 3 is 2.75 bits per heavy atom. The molecular weight excluding hydrogens is 200 g/mol. The number of nitrogens with zero attached hydrogens (tertiary/aromatic N) is 1. The summed E-state index contributed by atoms with van der Waals surface area (Å²) in [5, 5.41) is 3.33. The van der Waals surface area contributed by atoms with E-state index in [4.69, 9.17) is 4.74 Å². The van der Waals surface area contributed by atoms with Gasteiger partial charge >= 0.3 is 0 Å². The fourth-order valence-electron chi connectivity index (χ4n) is 1.40. The lowest BCUT2D eigenvalue weighted by Crippen LogP contribution is -2.15. The maximum absolute atomic E-state index is 5.02. The molecule has 3 nitrogen and oxygen atoms in total. The van der Waals surface area contributed by atoms with Gasteiger partial charge in [0.05, 0.1) is 7.11 Å². The zero-order chi connectivity index (χ0) is 11.8. The molecule has 0 unspecified atom stereocenters. The van der Waals surface area contributed by atoms with Gasteiger partial charge in [0.2, 0.25) is 5.88 Å². The second-order valence-corrected chi connectivity index (χ2v) is 3.57. The monoisotopic (exact) mass is 220 g/mol. The maximum atomic E-state index is 5.02. The molecule has 0 radical (unpaired) electrons. The Balaban J connectivity index is 2.70. The molecule has 0 amide bonds. The highest BCUT2D eigenvalue weighted by Gasteiger charge is 1.96. The van der Waals surface area contributed by atoms with Crippen molar-refractivity contribution in [3.63, 3.8) is 0 Å². The zero-order valence-corrected chi connectivity index (χ0v) is 10.3. The predicted molar refractivity (Wildman–Crippen MR) is 67.6 cm³/mol. The van der Waals surface area contributed by atoms with Gasteiger partial charge in [0.1, 0.15) is 0 Å². The molecule has 0 fully saturated rings. The molecule has 0 bridgehead atoms. The van der Waals surface area contributed by atoms with Crippen LogP contribution in [0.1, 0.15) is 25.8 Å². The number of nitrogens with one attached hydrogen (secondary N) is 1. The molecule has 0 saturated carbocycles. The molecular formula is C13H20N2O. The van der Waals surface area contributed by atoms with E-state index < -0.39 is 0 Å². The molecule has 0 spiro atoms. The second-order valence-electron chi connectivity index (χ2n) is 3.57. The lowest BCUT2D eigenvalue weighted by molar-refractivity contribution is 0.398. The van der Waals surface area contributed by atoms with Crippen LogP contribution in [-0.2, 0) is 0 Å². The van der Waals surface area contributed by atoms with Crippen molar-refractivity contribution < 1.29 is 4.74 Å². The van der Waals surface area contributed by atoms with E-state index in [1.165, 1.54) is 5.57 Å². The second kappa shape index (κ2) is 7.01. The first-order chi connectivity index (χ1) is 7.80. The van der Waals surface area contributed by atoms with Gasteiger partial charge in [-0.25, -0.2) is 4.98 Å².